The topological polar surface area (TPSA) is 93.1 Å². The van der Waals surface area contributed by atoms with Crippen LogP contribution >= 0.6 is 0 Å². The lowest BCUT2D eigenvalue weighted by Gasteiger charge is -2.37. The molecular formula is C38H36N6O2. The van der Waals surface area contributed by atoms with Crippen LogP contribution in [-0.2, 0) is 10.3 Å². The number of hydrogen-bond donors (Lipinski definition) is 3. The number of urea groups is 1. The first kappa shape index (κ1) is 29.3. The van der Waals surface area contributed by atoms with Crippen LogP contribution in [-0.4, -0.2) is 40.6 Å². The van der Waals surface area contributed by atoms with E-state index in [1.54, 1.807) is 6.20 Å². The van der Waals surface area contributed by atoms with Crippen LogP contribution in [0.1, 0.15) is 41.1 Å². The molecule has 1 aliphatic heterocycles. The molecule has 3 N–H and O–H groups in total. The Kier molecular flexibility index (Phi) is 8.18. The van der Waals surface area contributed by atoms with E-state index in [4.69, 9.17) is 9.84 Å². The lowest BCUT2D eigenvalue weighted by atomic mass is 9.77. The van der Waals surface area contributed by atoms with Crippen LogP contribution < -0.4 is 16.0 Å². The smallest absolute Gasteiger partial charge is 0.320 e. The fourth-order valence-electron chi connectivity index (χ4n) is 6.63. The molecule has 0 radical (unpaired) electrons. The van der Waals surface area contributed by atoms with E-state index in [-0.39, 0.29) is 18.2 Å². The Labute approximate surface area is 268 Å². The molecular weight excluding hydrogens is 572 g/mol. The number of carbonyl (C=O) groups excluding carboxylic acids is 1. The molecule has 230 valence electrons. The summed E-state index contributed by atoms with van der Waals surface area (Å²) in [7, 11) is 1.86. The third-order valence-corrected chi connectivity index (χ3v) is 8.72. The molecule has 0 aliphatic carbocycles. The molecule has 0 spiro atoms. The van der Waals surface area contributed by atoms with E-state index in [0.717, 1.165) is 46.0 Å². The molecule has 0 saturated carbocycles. The van der Waals surface area contributed by atoms with Gasteiger partial charge in [-0.2, -0.15) is 5.10 Å². The Morgan fingerprint density at radius 3 is 1.93 bits per heavy atom. The van der Waals surface area contributed by atoms with Gasteiger partial charge in [0, 0.05) is 25.9 Å². The van der Waals surface area contributed by atoms with Crippen molar-refractivity contribution in [2.24, 2.45) is 0 Å². The largest absolute Gasteiger partial charge is 0.376 e. The van der Waals surface area contributed by atoms with Crippen molar-refractivity contribution in [1.82, 2.24) is 20.1 Å². The summed E-state index contributed by atoms with van der Waals surface area (Å²) in [6.07, 6.45) is 3.53. The Bertz CT molecular complexity index is 1810. The van der Waals surface area contributed by atoms with Crippen LogP contribution in [0.25, 0.3) is 10.9 Å². The van der Waals surface area contributed by atoms with Crippen molar-refractivity contribution < 1.29 is 9.53 Å². The molecule has 46 heavy (non-hydrogen) atoms. The van der Waals surface area contributed by atoms with Crippen molar-refractivity contribution >= 4 is 28.6 Å². The molecule has 0 unspecified atom stereocenters. The van der Waals surface area contributed by atoms with Crippen LogP contribution in [0, 0.1) is 0 Å². The summed E-state index contributed by atoms with van der Waals surface area (Å²) in [6.45, 7) is 0.694. The first-order valence-corrected chi connectivity index (χ1v) is 15.7. The van der Waals surface area contributed by atoms with E-state index in [1.807, 2.05) is 61.6 Å². The molecule has 3 heterocycles. The Morgan fingerprint density at radius 1 is 0.848 bits per heavy atom. The third-order valence-electron chi connectivity index (χ3n) is 8.72. The Morgan fingerprint density at radius 2 is 1.41 bits per heavy atom. The number of aromatic nitrogens is 3. The minimum atomic E-state index is -0.837. The zero-order valence-electron chi connectivity index (χ0n) is 25.6. The zero-order chi connectivity index (χ0) is 31.3. The average Bonchev–Trinajstić information content (AvgIpc) is 3.78. The fraction of sp³-hybridized carbons (Fsp3) is 0.184. The number of amides is 2. The van der Waals surface area contributed by atoms with Gasteiger partial charge in [0.25, 0.3) is 0 Å². The molecule has 2 amide bonds. The number of hydrogen-bond acceptors (Lipinski definition) is 5. The number of fused-ring (bicyclic) bond motifs is 1. The molecule has 1 fully saturated rings. The minimum absolute atomic E-state index is 0.0913. The molecule has 4 aromatic carbocycles. The maximum absolute atomic E-state index is 13.5. The number of rotatable bonds is 9. The molecule has 8 nitrogen and oxygen atoms in total. The number of ether oxygens (including phenoxy) is 1. The van der Waals surface area contributed by atoms with E-state index in [1.165, 1.54) is 0 Å². The number of nitrogens with one attached hydrogen (secondary N) is 3. The second kappa shape index (κ2) is 12.9. The first-order chi connectivity index (χ1) is 22.7. The van der Waals surface area contributed by atoms with Gasteiger partial charge in [-0.05, 0) is 35.1 Å². The van der Waals surface area contributed by atoms with E-state index >= 15 is 0 Å². The molecule has 2 aromatic heterocycles. The van der Waals surface area contributed by atoms with E-state index in [0.29, 0.717) is 18.2 Å². The van der Waals surface area contributed by atoms with Gasteiger partial charge in [0.15, 0.2) is 5.82 Å². The highest BCUT2D eigenvalue weighted by Crippen LogP contribution is 2.43. The molecule has 6 aromatic rings. The van der Waals surface area contributed by atoms with Gasteiger partial charge in [-0.1, -0.05) is 121 Å². The van der Waals surface area contributed by atoms with Gasteiger partial charge in [0.05, 0.1) is 23.0 Å². The molecule has 7 rings (SSSR count). The number of anilines is 2. The number of benzene rings is 4. The van der Waals surface area contributed by atoms with Crippen molar-refractivity contribution in [1.29, 1.82) is 0 Å². The molecule has 2 atom stereocenters. The summed E-state index contributed by atoms with van der Waals surface area (Å²) in [5, 5.41) is 15.5. The van der Waals surface area contributed by atoms with Crippen molar-refractivity contribution in [3.63, 3.8) is 0 Å². The predicted octanol–water partition coefficient (Wildman–Crippen LogP) is 7.36. The van der Waals surface area contributed by atoms with Crippen molar-refractivity contribution in [3.8, 4) is 0 Å². The van der Waals surface area contributed by atoms with Crippen LogP contribution in [0.15, 0.2) is 134 Å². The predicted molar refractivity (Wildman–Crippen MR) is 182 cm³/mol. The maximum atomic E-state index is 13.5. The summed E-state index contributed by atoms with van der Waals surface area (Å²) in [4.78, 5) is 18.2. The van der Waals surface area contributed by atoms with Crippen LogP contribution in [0.5, 0.6) is 0 Å². The lowest BCUT2D eigenvalue weighted by molar-refractivity contribution is 0.0815. The van der Waals surface area contributed by atoms with Gasteiger partial charge in [-0.3, -0.25) is 5.32 Å². The first-order valence-electron chi connectivity index (χ1n) is 15.7. The van der Waals surface area contributed by atoms with Crippen LogP contribution in [0.4, 0.5) is 16.4 Å². The Balaban J connectivity index is 1.35. The standard InChI is InChI=1S/C38H36N6O2/c1-39-36-31-26-40-34(41-37(45)42-35(33-23-14-24-46-33)27-15-6-2-7-16-27)25-32(31)44(43-36)38(28-17-8-3-9-18-28,29-19-10-4-11-20-29)30-21-12-5-13-22-30/h2-13,15-22,25-26,33,35H,14,23-24H2,1H3,(H,39,43)(H2,40,41,42,45)/t33-,35-/m0/s1. The second-order valence-electron chi connectivity index (χ2n) is 11.4. The molecule has 1 aliphatic rings. The normalized spacial score (nSPS) is 15.4. The second-order valence-corrected chi connectivity index (χ2v) is 11.4. The summed E-state index contributed by atoms with van der Waals surface area (Å²) in [5.41, 5.74) is 4.12. The van der Waals surface area contributed by atoms with Gasteiger partial charge < -0.3 is 15.4 Å². The summed E-state index contributed by atoms with van der Waals surface area (Å²) >= 11 is 0. The van der Waals surface area contributed by atoms with Crippen molar-refractivity contribution in [2.45, 2.75) is 30.5 Å². The Hall–Kier alpha value is -5.47. The highest BCUT2D eigenvalue weighted by atomic mass is 16.5. The van der Waals surface area contributed by atoms with Crippen LogP contribution in [0.2, 0.25) is 0 Å². The van der Waals surface area contributed by atoms with Gasteiger partial charge in [0.1, 0.15) is 11.4 Å². The SMILES string of the molecule is CNc1nn(C(c2ccccc2)(c2ccccc2)c2ccccc2)c2cc(NC(=O)N[C@@H](c3ccccc3)[C@@H]3CCCO3)ncc12. The van der Waals surface area contributed by atoms with Gasteiger partial charge >= 0.3 is 6.03 Å². The average molecular weight is 609 g/mol. The van der Waals surface area contributed by atoms with Crippen LogP contribution in [0.3, 0.4) is 0 Å². The maximum Gasteiger partial charge on any atom is 0.320 e. The molecule has 0 bridgehead atoms. The van der Waals surface area contributed by atoms with Gasteiger partial charge in [-0.15, -0.1) is 0 Å². The lowest BCUT2D eigenvalue weighted by Crippen LogP contribution is -2.39. The van der Waals surface area contributed by atoms with Crippen molar-refractivity contribution in [3.05, 3.63) is 156 Å². The summed E-state index contributed by atoms with van der Waals surface area (Å²) < 4.78 is 8.05. The third kappa shape index (κ3) is 5.37. The summed E-state index contributed by atoms with van der Waals surface area (Å²) in [6, 6.07) is 42.4. The zero-order valence-corrected chi connectivity index (χ0v) is 25.6. The highest BCUT2D eigenvalue weighted by molar-refractivity contribution is 5.95. The van der Waals surface area contributed by atoms with Gasteiger partial charge in [0.2, 0.25) is 0 Å². The van der Waals surface area contributed by atoms with E-state index in [2.05, 4.69) is 98.4 Å². The minimum Gasteiger partial charge on any atom is -0.376 e. The number of nitrogens with zero attached hydrogens (tertiary/aromatic N) is 3. The number of carbonyl (C=O) groups is 1. The van der Waals surface area contributed by atoms with E-state index < -0.39 is 5.54 Å². The molecule has 1 saturated heterocycles. The van der Waals surface area contributed by atoms with Crippen molar-refractivity contribution in [2.75, 3.05) is 24.3 Å². The van der Waals surface area contributed by atoms with E-state index in [9.17, 15) is 4.79 Å². The fourth-order valence-corrected chi connectivity index (χ4v) is 6.63. The summed E-state index contributed by atoms with van der Waals surface area (Å²) in [5.74, 6) is 1.10. The van der Waals surface area contributed by atoms with Gasteiger partial charge in [-0.25, -0.2) is 14.5 Å². The molecule has 8 heteroatoms. The highest BCUT2D eigenvalue weighted by Gasteiger charge is 2.41. The number of pyridine rings is 1. The monoisotopic (exact) mass is 608 g/mol. The quantitative estimate of drug-likeness (QED) is 0.149.